The standard InChI is InChI=1S/C34H28N2.C31H24N2.2C29H22N2/c1-34(2)28-15-7-4-12-24(28)25-21-20-23(22-29(25)34)35(3)32-18-10-11-19-33(32)36-30-16-8-5-13-26(30)27-14-6-9-17-31(27)36;1-32(27-18-8-5-15-24(27)23-13-3-2-4-14-23)30-21-11-12-22-31(30)33-28-19-9-6-16-25(28)26-17-7-10-20-29(26)33;1-30(25-20-10-12-21-11-2-3-13-22(21)25)28-18-8-9-19-29(28)31-26-16-6-4-14-23(26)24-15-5-7-17-27(24)31;1-30(23-19-18-21-10-2-3-11-22(21)20-23)28-16-8-9-17-29(28)31-26-14-6-4-12-24(26)25-13-5-7-15-27(25)31/h4-22H,1-3H3;2-22H,1H3;2*2-20H,1H3. The Hall–Kier alpha value is -16.7. The van der Waals surface area contributed by atoms with Crippen LogP contribution in [0.4, 0.5) is 45.5 Å². The van der Waals surface area contributed by atoms with E-state index in [1.54, 1.807) is 0 Å². The van der Waals surface area contributed by atoms with Crippen molar-refractivity contribution in [2.75, 3.05) is 47.8 Å². The molecule has 0 bridgehead atoms. The number of anilines is 8. The molecule has 0 spiro atoms. The molecule has 0 amide bonds. The molecule has 0 aliphatic heterocycles. The second-order valence-electron chi connectivity index (χ2n) is 34.5. The van der Waals surface area contributed by atoms with E-state index in [0.29, 0.717) is 0 Å². The van der Waals surface area contributed by atoms with E-state index in [1.807, 2.05) is 0 Å². The number of fused-ring (bicyclic) bond motifs is 17. The molecular formula is C123H96N8. The van der Waals surface area contributed by atoms with E-state index in [1.165, 1.54) is 205 Å². The Morgan fingerprint density at radius 3 is 0.870 bits per heavy atom. The molecule has 24 aromatic rings. The molecule has 0 atom stereocenters. The van der Waals surface area contributed by atoms with Gasteiger partial charge in [0, 0.05) is 110 Å². The molecule has 25 rings (SSSR count). The smallest absolute Gasteiger partial charge is 0.0699 e. The van der Waals surface area contributed by atoms with Crippen molar-refractivity contribution in [2.45, 2.75) is 19.3 Å². The monoisotopic (exact) mass is 1680 g/mol. The predicted molar refractivity (Wildman–Crippen MR) is 559 cm³/mol. The van der Waals surface area contributed by atoms with E-state index < -0.39 is 0 Å². The molecular weight excluding hydrogens is 1590 g/mol. The van der Waals surface area contributed by atoms with Crippen LogP contribution in [0.5, 0.6) is 0 Å². The SMILES string of the molecule is CN(c1ccc2c(c1)C(C)(C)c1ccccc1-2)c1ccccc1-n1c2ccccc2c2ccccc21.CN(c1ccc2ccccc2c1)c1ccccc1-n1c2ccccc2c2ccccc21.CN(c1ccccc1-c1ccccc1)c1ccccc1-n1c2ccccc2c2ccccc21.CN(c1ccccc1-n1c2ccccc2c2ccccc21)c1cccc2ccccc12. The van der Waals surface area contributed by atoms with E-state index in [0.717, 1.165) is 5.69 Å². The van der Waals surface area contributed by atoms with Gasteiger partial charge < -0.3 is 37.9 Å². The Morgan fingerprint density at radius 1 is 0.176 bits per heavy atom. The number of para-hydroxylation sites is 17. The zero-order valence-corrected chi connectivity index (χ0v) is 74.1. The quantitative estimate of drug-likeness (QED) is 0.115. The van der Waals surface area contributed by atoms with Crippen LogP contribution in [0.2, 0.25) is 0 Å². The van der Waals surface area contributed by atoms with Crippen molar-refractivity contribution in [3.8, 4) is 45.0 Å². The summed E-state index contributed by atoms with van der Waals surface area (Å²) in [5.74, 6) is 0. The number of hydrogen-bond donors (Lipinski definition) is 0. The van der Waals surface area contributed by atoms with Gasteiger partial charge in [0.25, 0.3) is 0 Å². The summed E-state index contributed by atoms with van der Waals surface area (Å²) in [7, 11) is 8.66. The van der Waals surface area contributed by atoms with E-state index in [9.17, 15) is 0 Å². The van der Waals surface area contributed by atoms with Crippen LogP contribution in [0.25, 0.3) is 154 Å². The second-order valence-corrected chi connectivity index (χ2v) is 34.5. The molecule has 131 heavy (non-hydrogen) atoms. The van der Waals surface area contributed by atoms with Crippen molar-refractivity contribution < 1.29 is 0 Å². The van der Waals surface area contributed by atoms with Crippen LogP contribution < -0.4 is 19.6 Å². The van der Waals surface area contributed by atoms with Gasteiger partial charge in [-0.05, 0) is 177 Å². The molecule has 8 heteroatoms. The lowest BCUT2D eigenvalue weighted by Crippen LogP contribution is -2.17. The number of hydrogen-bond acceptors (Lipinski definition) is 4. The largest absolute Gasteiger partial charge is 0.343 e. The van der Waals surface area contributed by atoms with Gasteiger partial charge in [0.2, 0.25) is 0 Å². The number of nitrogens with zero attached hydrogens (tertiary/aromatic N) is 8. The molecule has 0 saturated carbocycles. The summed E-state index contributed by atoms with van der Waals surface area (Å²) in [4.78, 5) is 9.23. The summed E-state index contributed by atoms with van der Waals surface area (Å²) < 4.78 is 9.57. The highest BCUT2D eigenvalue weighted by Crippen LogP contribution is 2.51. The van der Waals surface area contributed by atoms with E-state index >= 15 is 0 Å². The van der Waals surface area contributed by atoms with Crippen molar-refractivity contribution in [1.82, 2.24) is 18.3 Å². The van der Waals surface area contributed by atoms with Crippen molar-refractivity contribution in [3.63, 3.8) is 0 Å². The normalized spacial score (nSPS) is 12.0. The van der Waals surface area contributed by atoms with Gasteiger partial charge >= 0.3 is 0 Å². The number of aromatic nitrogens is 4. The first-order chi connectivity index (χ1) is 64.5. The molecule has 0 fully saturated rings. The zero-order chi connectivity index (χ0) is 88.2. The van der Waals surface area contributed by atoms with Gasteiger partial charge in [-0.25, -0.2) is 0 Å². The van der Waals surface area contributed by atoms with Crippen molar-refractivity contribution in [2.24, 2.45) is 0 Å². The van der Waals surface area contributed by atoms with Crippen LogP contribution in [0, 0.1) is 0 Å². The van der Waals surface area contributed by atoms with Gasteiger partial charge in [-0.15, -0.1) is 0 Å². The first-order valence-electron chi connectivity index (χ1n) is 45.1. The van der Waals surface area contributed by atoms with Gasteiger partial charge in [0.1, 0.15) is 0 Å². The van der Waals surface area contributed by atoms with E-state index in [2.05, 4.69) is 553 Å². The lowest BCUT2D eigenvalue weighted by Gasteiger charge is -2.26. The third kappa shape index (κ3) is 14.1. The fraction of sp³-hybridized carbons (Fsp3) is 0.0569. The third-order valence-electron chi connectivity index (χ3n) is 26.8. The Labute approximate surface area is 763 Å². The highest BCUT2D eigenvalue weighted by Gasteiger charge is 2.36. The lowest BCUT2D eigenvalue weighted by atomic mass is 9.82. The summed E-state index contributed by atoms with van der Waals surface area (Å²) in [6.07, 6.45) is 0. The Morgan fingerprint density at radius 2 is 0.450 bits per heavy atom. The van der Waals surface area contributed by atoms with Crippen LogP contribution in [0.15, 0.2) is 473 Å². The average Bonchev–Trinajstić information content (AvgIpc) is 1.59. The van der Waals surface area contributed by atoms with E-state index in [-0.39, 0.29) is 5.41 Å². The van der Waals surface area contributed by atoms with Gasteiger partial charge in [0.15, 0.2) is 0 Å². The van der Waals surface area contributed by atoms with E-state index in [4.69, 9.17) is 0 Å². The van der Waals surface area contributed by atoms with Gasteiger partial charge in [-0.2, -0.15) is 0 Å². The number of benzene rings is 20. The predicted octanol–water partition coefficient (Wildman–Crippen LogP) is 32.5. The molecule has 8 nitrogen and oxygen atoms in total. The first kappa shape index (κ1) is 80.2. The molecule has 0 unspecified atom stereocenters. The molecule has 0 saturated heterocycles. The molecule has 628 valence electrons. The number of rotatable bonds is 13. The lowest BCUT2D eigenvalue weighted by molar-refractivity contribution is 0.660. The van der Waals surface area contributed by atoms with Crippen LogP contribution >= 0.6 is 0 Å². The van der Waals surface area contributed by atoms with Crippen LogP contribution in [-0.4, -0.2) is 46.5 Å². The van der Waals surface area contributed by atoms with Crippen LogP contribution in [-0.2, 0) is 5.41 Å². The van der Waals surface area contributed by atoms with Crippen molar-refractivity contribution in [1.29, 1.82) is 0 Å². The first-order valence-corrected chi connectivity index (χ1v) is 45.1. The third-order valence-corrected chi connectivity index (χ3v) is 26.8. The molecule has 0 N–H and O–H groups in total. The highest BCUT2D eigenvalue weighted by atomic mass is 15.2. The Kier molecular flexibility index (Phi) is 20.8. The van der Waals surface area contributed by atoms with Crippen LogP contribution in [0.3, 0.4) is 0 Å². The van der Waals surface area contributed by atoms with Gasteiger partial charge in [-0.3, -0.25) is 0 Å². The molecule has 4 aromatic heterocycles. The maximum absolute atomic E-state index is 2.41. The van der Waals surface area contributed by atoms with Gasteiger partial charge in [0.05, 0.1) is 89.6 Å². The summed E-state index contributed by atoms with van der Waals surface area (Å²) in [6, 6.07) is 169. The summed E-state index contributed by atoms with van der Waals surface area (Å²) in [6.45, 7) is 4.68. The zero-order valence-electron chi connectivity index (χ0n) is 74.1. The molecule has 20 aromatic carbocycles. The maximum atomic E-state index is 2.41. The summed E-state index contributed by atoms with van der Waals surface area (Å²) in [5, 5.41) is 15.2. The summed E-state index contributed by atoms with van der Waals surface area (Å²) in [5.41, 5.74) is 31.8. The van der Waals surface area contributed by atoms with Crippen molar-refractivity contribution >= 4 is 154 Å². The van der Waals surface area contributed by atoms with Gasteiger partial charge in [-0.1, -0.05) is 354 Å². The highest BCUT2D eigenvalue weighted by molar-refractivity contribution is 6.14. The Balaban J connectivity index is 0.000000102. The Bertz CT molecular complexity index is 8220. The van der Waals surface area contributed by atoms with Crippen LogP contribution in [0.1, 0.15) is 25.0 Å². The minimum atomic E-state index is -0.0187. The molecule has 1 aliphatic carbocycles. The minimum Gasteiger partial charge on any atom is -0.343 e. The average molecular weight is 1690 g/mol. The fourth-order valence-corrected chi connectivity index (χ4v) is 20.4. The van der Waals surface area contributed by atoms with Crippen molar-refractivity contribution in [3.05, 3.63) is 484 Å². The summed E-state index contributed by atoms with van der Waals surface area (Å²) >= 11 is 0. The minimum absolute atomic E-state index is 0.0187. The maximum Gasteiger partial charge on any atom is 0.0699 e. The molecule has 0 radical (unpaired) electrons. The topological polar surface area (TPSA) is 32.7 Å². The molecule has 1 aliphatic rings. The fourth-order valence-electron chi connectivity index (χ4n) is 20.4. The second kappa shape index (κ2) is 33.9. The molecule has 4 heterocycles.